The van der Waals surface area contributed by atoms with Crippen molar-refractivity contribution in [1.82, 2.24) is 10.6 Å². The molecule has 0 aromatic carbocycles. The van der Waals surface area contributed by atoms with Gasteiger partial charge >= 0.3 is 0 Å². The Morgan fingerprint density at radius 3 is 2.67 bits per heavy atom. The minimum absolute atomic E-state index is 0.103. The van der Waals surface area contributed by atoms with Crippen LogP contribution in [0, 0.1) is 0 Å². The minimum Gasteiger partial charge on any atom is -0.368 e. The van der Waals surface area contributed by atoms with Crippen molar-refractivity contribution in [1.29, 1.82) is 0 Å². The summed E-state index contributed by atoms with van der Waals surface area (Å²) in [7, 11) is 1.57. The number of carbonyl (C=O) groups excluding carboxylic acids is 1. The van der Waals surface area contributed by atoms with Crippen LogP contribution in [0.4, 0.5) is 0 Å². The predicted octanol–water partition coefficient (Wildman–Crippen LogP) is 0.624. The second-order valence-corrected chi connectivity index (χ2v) is 4.18. The first-order chi connectivity index (χ1) is 7.10. The summed E-state index contributed by atoms with van der Waals surface area (Å²) >= 11 is 5.59. The van der Waals surface area contributed by atoms with Gasteiger partial charge in [0.2, 0.25) is 0 Å². The van der Waals surface area contributed by atoms with E-state index >= 15 is 0 Å². The lowest BCUT2D eigenvalue weighted by Crippen LogP contribution is -2.54. The van der Waals surface area contributed by atoms with E-state index in [1.165, 1.54) is 0 Å². The zero-order valence-corrected chi connectivity index (χ0v) is 9.69. The minimum atomic E-state index is -0.697. The number of halogens is 1. The van der Waals surface area contributed by atoms with Gasteiger partial charge in [-0.05, 0) is 25.9 Å². The van der Waals surface area contributed by atoms with E-state index in [2.05, 4.69) is 17.2 Å². The number of ether oxygens (including phenoxy) is 1. The summed E-state index contributed by atoms with van der Waals surface area (Å²) < 4.78 is 5.35. The topological polar surface area (TPSA) is 50.4 Å². The number of amides is 1. The van der Waals surface area contributed by atoms with Crippen molar-refractivity contribution in [2.45, 2.75) is 18.4 Å². The Kier molecular flexibility index (Phi) is 4.57. The summed E-state index contributed by atoms with van der Waals surface area (Å²) in [5.74, 6) is -0.103. The molecule has 1 saturated heterocycles. The maximum atomic E-state index is 11.9. The Labute approximate surface area is 95.0 Å². The van der Waals surface area contributed by atoms with Gasteiger partial charge in [0.05, 0.1) is 6.54 Å². The summed E-state index contributed by atoms with van der Waals surface area (Å²) in [5.41, 5.74) is -0.697. The number of carbonyl (C=O) groups is 1. The van der Waals surface area contributed by atoms with Crippen LogP contribution in [0.2, 0.25) is 0 Å². The molecule has 86 valence electrons. The molecular formula is C10H17ClN2O2. The highest BCUT2D eigenvalue weighted by Crippen LogP contribution is 2.22. The van der Waals surface area contributed by atoms with Gasteiger partial charge in [0.15, 0.2) is 0 Å². The highest BCUT2D eigenvalue weighted by Gasteiger charge is 2.39. The van der Waals surface area contributed by atoms with E-state index in [-0.39, 0.29) is 5.91 Å². The Morgan fingerprint density at radius 1 is 1.60 bits per heavy atom. The predicted molar refractivity (Wildman–Crippen MR) is 59.8 cm³/mol. The van der Waals surface area contributed by atoms with Gasteiger partial charge in [0, 0.05) is 12.1 Å². The van der Waals surface area contributed by atoms with Gasteiger partial charge in [0.25, 0.3) is 5.91 Å². The molecule has 0 aromatic heterocycles. The molecule has 5 heteroatoms. The van der Waals surface area contributed by atoms with Gasteiger partial charge in [0.1, 0.15) is 5.60 Å². The molecule has 2 N–H and O–H groups in total. The molecule has 1 amide bonds. The molecule has 0 saturated carbocycles. The van der Waals surface area contributed by atoms with Crippen LogP contribution in [0.5, 0.6) is 0 Å². The summed E-state index contributed by atoms with van der Waals surface area (Å²) in [4.78, 5) is 11.9. The fraction of sp³-hybridized carbons (Fsp3) is 0.700. The molecule has 0 aromatic rings. The monoisotopic (exact) mass is 232 g/mol. The van der Waals surface area contributed by atoms with Crippen molar-refractivity contribution in [3.05, 3.63) is 11.6 Å². The Hall–Kier alpha value is -0.580. The summed E-state index contributed by atoms with van der Waals surface area (Å²) in [5, 5.41) is 6.33. The Bertz CT molecular complexity index is 250. The lowest BCUT2D eigenvalue weighted by molar-refractivity contribution is -0.146. The summed E-state index contributed by atoms with van der Waals surface area (Å²) in [6.45, 7) is 5.40. The third-order valence-corrected chi connectivity index (χ3v) is 2.79. The van der Waals surface area contributed by atoms with E-state index in [1.54, 1.807) is 7.11 Å². The maximum Gasteiger partial charge on any atom is 0.252 e. The van der Waals surface area contributed by atoms with E-state index in [0.29, 0.717) is 24.4 Å². The number of hydrogen-bond acceptors (Lipinski definition) is 3. The van der Waals surface area contributed by atoms with Crippen LogP contribution in [0.1, 0.15) is 12.8 Å². The van der Waals surface area contributed by atoms with Gasteiger partial charge in [-0.15, -0.1) is 0 Å². The number of nitrogens with one attached hydrogen (secondary N) is 2. The molecule has 1 aliphatic heterocycles. The van der Waals surface area contributed by atoms with Crippen LogP contribution in [0.25, 0.3) is 0 Å². The van der Waals surface area contributed by atoms with Crippen LogP contribution >= 0.6 is 11.6 Å². The van der Waals surface area contributed by atoms with E-state index in [1.807, 2.05) is 0 Å². The van der Waals surface area contributed by atoms with Crippen LogP contribution < -0.4 is 10.6 Å². The van der Waals surface area contributed by atoms with E-state index in [0.717, 1.165) is 13.1 Å². The summed E-state index contributed by atoms with van der Waals surface area (Å²) in [6.07, 6.45) is 1.37. The van der Waals surface area contributed by atoms with Crippen LogP contribution in [-0.4, -0.2) is 38.3 Å². The molecule has 1 heterocycles. The molecule has 0 unspecified atom stereocenters. The third kappa shape index (κ3) is 3.19. The smallest absolute Gasteiger partial charge is 0.252 e. The highest BCUT2D eigenvalue weighted by molar-refractivity contribution is 6.29. The zero-order valence-electron chi connectivity index (χ0n) is 8.94. The van der Waals surface area contributed by atoms with Gasteiger partial charge in [-0.2, -0.15) is 0 Å². The molecule has 1 rings (SSSR count). The van der Waals surface area contributed by atoms with Crippen molar-refractivity contribution >= 4 is 17.5 Å². The van der Waals surface area contributed by atoms with Crippen molar-refractivity contribution in [3.8, 4) is 0 Å². The van der Waals surface area contributed by atoms with Gasteiger partial charge < -0.3 is 15.4 Å². The molecule has 0 spiro atoms. The highest BCUT2D eigenvalue weighted by atomic mass is 35.5. The maximum absolute atomic E-state index is 11.9. The fourth-order valence-electron chi connectivity index (χ4n) is 1.69. The number of methoxy groups -OCH3 is 1. The van der Waals surface area contributed by atoms with Crippen molar-refractivity contribution in [2.75, 3.05) is 26.7 Å². The molecule has 0 bridgehead atoms. The average Bonchev–Trinajstić information content (AvgIpc) is 2.26. The quantitative estimate of drug-likeness (QED) is 0.748. The third-order valence-electron chi connectivity index (χ3n) is 2.66. The largest absolute Gasteiger partial charge is 0.368 e. The fourth-order valence-corrected chi connectivity index (χ4v) is 1.76. The normalized spacial score (nSPS) is 19.6. The molecule has 0 aliphatic carbocycles. The van der Waals surface area contributed by atoms with Crippen LogP contribution in [0.15, 0.2) is 11.6 Å². The molecule has 1 fully saturated rings. The average molecular weight is 233 g/mol. The Morgan fingerprint density at radius 2 is 2.20 bits per heavy atom. The van der Waals surface area contributed by atoms with Gasteiger partial charge in [-0.3, -0.25) is 4.79 Å². The van der Waals surface area contributed by atoms with Crippen molar-refractivity contribution in [2.24, 2.45) is 0 Å². The number of piperidine rings is 1. The Balaban J connectivity index is 2.55. The summed E-state index contributed by atoms with van der Waals surface area (Å²) in [6, 6.07) is 0. The SMILES string of the molecule is C=C(Cl)CNC(=O)C1(OC)CCNCC1. The molecule has 15 heavy (non-hydrogen) atoms. The number of hydrogen-bond donors (Lipinski definition) is 2. The second kappa shape index (κ2) is 5.49. The van der Waals surface area contributed by atoms with Crippen molar-refractivity contribution in [3.63, 3.8) is 0 Å². The zero-order chi connectivity index (χ0) is 11.3. The van der Waals surface area contributed by atoms with Crippen LogP contribution in [-0.2, 0) is 9.53 Å². The molecule has 0 radical (unpaired) electrons. The lowest BCUT2D eigenvalue weighted by Gasteiger charge is -2.34. The lowest BCUT2D eigenvalue weighted by atomic mass is 9.91. The van der Waals surface area contributed by atoms with E-state index < -0.39 is 5.60 Å². The first-order valence-electron chi connectivity index (χ1n) is 4.98. The molecule has 1 aliphatic rings. The standard InChI is InChI=1S/C10H17ClN2O2/c1-8(11)7-13-9(14)10(15-2)3-5-12-6-4-10/h12H,1,3-7H2,2H3,(H,13,14). The first-order valence-corrected chi connectivity index (χ1v) is 5.36. The molecule has 4 nitrogen and oxygen atoms in total. The van der Waals surface area contributed by atoms with Gasteiger partial charge in [-0.1, -0.05) is 18.2 Å². The van der Waals surface area contributed by atoms with Gasteiger partial charge in [-0.25, -0.2) is 0 Å². The van der Waals surface area contributed by atoms with E-state index in [9.17, 15) is 4.79 Å². The molecule has 0 atom stereocenters. The van der Waals surface area contributed by atoms with Crippen LogP contribution in [0.3, 0.4) is 0 Å². The molecular weight excluding hydrogens is 216 g/mol. The second-order valence-electron chi connectivity index (χ2n) is 3.65. The van der Waals surface area contributed by atoms with E-state index in [4.69, 9.17) is 16.3 Å². The van der Waals surface area contributed by atoms with Crippen molar-refractivity contribution < 1.29 is 9.53 Å². The first kappa shape index (κ1) is 12.5. The number of rotatable bonds is 4.